The summed E-state index contributed by atoms with van der Waals surface area (Å²) < 4.78 is 0. The molecular weight excluding hydrogens is 333 g/mol. The standard InChI is InChI=1S/C17H13Cl2N3O/c18-12-6-7-14(13(19)9-12)21-10-16(23)22-15-5-1-3-11-4-2-8-20-17(11)15/h1-9,21H,10H2,(H,22,23). The zero-order chi connectivity index (χ0) is 16.2. The summed E-state index contributed by atoms with van der Waals surface area (Å²) in [6.07, 6.45) is 1.70. The molecule has 0 radical (unpaired) electrons. The lowest BCUT2D eigenvalue weighted by atomic mass is 10.2. The van der Waals surface area contributed by atoms with Gasteiger partial charge in [0.25, 0.3) is 0 Å². The number of benzene rings is 2. The van der Waals surface area contributed by atoms with E-state index in [-0.39, 0.29) is 12.5 Å². The maximum atomic E-state index is 12.1. The minimum absolute atomic E-state index is 0.0879. The molecule has 3 aromatic rings. The van der Waals surface area contributed by atoms with Crippen molar-refractivity contribution in [2.75, 3.05) is 17.2 Å². The predicted molar refractivity (Wildman–Crippen MR) is 95.3 cm³/mol. The van der Waals surface area contributed by atoms with E-state index < -0.39 is 0 Å². The lowest BCUT2D eigenvalue weighted by Crippen LogP contribution is -2.22. The van der Waals surface area contributed by atoms with Crippen LogP contribution in [0.1, 0.15) is 0 Å². The highest BCUT2D eigenvalue weighted by molar-refractivity contribution is 6.36. The van der Waals surface area contributed by atoms with Crippen LogP contribution in [0.4, 0.5) is 11.4 Å². The minimum atomic E-state index is -0.186. The summed E-state index contributed by atoms with van der Waals surface area (Å²) >= 11 is 11.9. The van der Waals surface area contributed by atoms with Gasteiger partial charge in [-0.2, -0.15) is 0 Å². The van der Waals surface area contributed by atoms with Crippen LogP contribution < -0.4 is 10.6 Å². The van der Waals surface area contributed by atoms with Crippen LogP contribution in [0.25, 0.3) is 10.9 Å². The van der Waals surface area contributed by atoms with Crippen LogP contribution in [0.3, 0.4) is 0 Å². The van der Waals surface area contributed by atoms with E-state index in [0.717, 1.165) is 10.9 Å². The van der Waals surface area contributed by atoms with Gasteiger partial charge in [0.05, 0.1) is 28.5 Å². The Hall–Kier alpha value is -2.30. The number of hydrogen-bond donors (Lipinski definition) is 2. The summed E-state index contributed by atoms with van der Waals surface area (Å²) in [4.78, 5) is 16.4. The number of halogens is 2. The first-order chi connectivity index (χ1) is 11.1. The second-order valence-corrected chi connectivity index (χ2v) is 5.75. The smallest absolute Gasteiger partial charge is 0.243 e. The average molecular weight is 346 g/mol. The van der Waals surface area contributed by atoms with E-state index in [1.165, 1.54) is 0 Å². The molecule has 0 aliphatic heterocycles. The Kier molecular flexibility index (Phi) is 4.65. The van der Waals surface area contributed by atoms with Crippen LogP contribution in [0.2, 0.25) is 10.0 Å². The van der Waals surface area contributed by atoms with Crippen molar-refractivity contribution in [2.24, 2.45) is 0 Å². The fourth-order valence-corrected chi connectivity index (χ4v) is 2.68. The number of nitrogens with one attached hydrogen (secondary N) is 2. The number of para-hydroxylation sites is 1. The van der Waals surface area contributed by atoms with Gasteiger partial charge >= 0.3 is 0 Å². The van der Waals surface area contributed by atoms with Gasteiger partial charge in [0, 0.05) is 16.6 Å². The summed E-state index contributed by atoms with van der Waals surface area (Å²) in [5.41, 5.74) is 2.09. The lowest BCUT2D eigenvalue weighted by Gasteiger charge is -2.10. The Bertz CT molecular complexity index is 862. The van der Waals surface area contributed by atoms with Gasteiger partial charge in [-0.25, -0.2) is 0 Å². The molecule has 4 nitrogen and oxygen atoms in total. The summed E-state index contributed by atoms with van der Waals surface area (Å²) in [7, 11) is 0. The van der Waals surface area contributed by atoms with Crippen molar-refractivity contribution in [2.45, 2.75) is 0 Å². The topological polar surface area (TPSA) is 54.0 Å². The highest BCUT2D eigenvalue weighted by Gasteiger charge is 2.08. The molecule has 1 amide bonds. The molecule has 0 bridgehead atoms. The molecule has 1 aromatic heterocycles. The van der Waals surface area contributed by atoms with E-state index in [1.807, 2.05) is 30.3 Å². The van der Waals surface area contributed by atoms with Crippen LogP contribution >= 0.6 is 23.2 Å². The number of aromatic nitrogens is 1. The fraction of sp³-hybridized carbons (Fsp3) is 0.0588. The number of carbonyl (C=O) groups excluding carboxylic acids is 1. The number of anilines is 2. The molecule has 2 N–H and O–H groups in total. The molecule has 0 unspecified atom stereocenters. The Morgan fingerprint density at radius 2 is 1.87 bits per heavy atom. The molecule has 0 saturated carbocycles. The van der Waals surface area contributed by atoms with E-state index >= 15 is 0 Å². The lowest BCUT2D eigenvalue weighted by molar-refractivity contribution is -0.114. The number of hydrogen-bond acceptors (Lipinski definition) is 3. The molecule has 0 aliphatic carbocycles. The highest BCUT2D eigenvalue weighted by atomic mass is 35.5. The van der Waals surface area contributed by atoms with Crippen molar-refractivity contribution in [3.05, 3.63) is 64.8 Å². The van der Waals surface area contributed by atoms with Gasteiger partial charge in [-0.15, -0.1) is 0 Å². The number of rotatable bonds is 4. The zero-order valence-electron chi connectivity index (χ0n) is 12.0. The number of carbonyl (C=O) groups is 1. The van der Waals surface area contributed by atoms with Crippen molar-refractivity contribution in [1.29, 1.82) is 0 Å². The quantitative estimate of drug-likeness (QED) is 0.726. The predicted octanol–water partition coefficient (Wildman–Crippen LogP) is 4.59. The molecule has 3 rings (SSSR count). The highest BCUT2D eigenvalue weighted by Crippen LogP contribution is 2.25. The minimum Gasteiger partial charge on any atom is -0.375 e. The van der Waals surface area contributed by atoms with Crippen molar-refractivity contribution in [1.82, 2.24) is 4.98 Å². The molecule has 6 heteroatoms. The molecule has 0 atom stereocenters. The first-order valence-electron chi connectivity index (χ1n) is 6.96. The van der Waals surface area contributed by atoms with Crippen LogP contribution in [0, 0.1) is 0 Å². The maximum Gasteiger partial charge on any atom is 0.243 e. The van der Waals surface area contributed by atoms with Gasteiger partial charge in [0.2, 0.25) is 5.91 Å². The third-order valence-electron chi connectivity index (χ3n) is 3.28. The first-order valence-corrected chi connectivity index (χ1v) is 7.71. The fourth-order valence-electron chi connectivity index (χ4n) is 2.21. The molecule has 0 aliphatic rings. The van der Waals surface area contributed by atoms with E-state index in [9.17, 15) is 4.79 Å². The number of pyridine rings is 1. The Balaban J connectivity index is 1.69. The summed E-state index contributed by atoms with van der Waals surface area (Å²) in [6, 6.07) is 14.5. The maximum absolute atomic E-state index is 12.1. The largest absolute Gasteiger partial charge is 0.375 e. The van der Waals surface area contributed by atoms with Crippen molar-refractivity contribution >= 4 is 51.4 Å². The van der Waals surface area contributed by atoms with Crippen molar-refractivity contribution in [3.8, 4) is 0 Å². The molecule has 2 aromatic carbocycles. The molecular formula is C17H13Cl2N3O. The van der Waals surface area contributed by atoms with Gasteiger partial charge < -0.3 is 10.6 Å². The molecule has 0 fully saturated rings. The third-order valence-corrected chi connectivity index (χ3v) is 3.83. The third kappa shape index (κ3) is 3.73. The van der Waals surface area contributed by atoms with Crippen LogP contribution in [0.5, 0.6) is 0 Å². The normalized spacial score (nSPS) is 10.5. The zero-order valence-corrected chi connectivity index (χ0v) is 13.5. The number of nitrogens with zero attached hydrogens (tertiary/aromatic N) is 1. The van der Waals surface area contributed by atoms with Crippen molar-refractivity contribution in [3.63, 3.8) is 0 Å². The second-order valence-electron chi connectivity index (χ2n) is 4.91. The Morgan fingerprint density at radius 3 is 2.70 bits per heavy atom. The summed E-state index contributed by atoms with van der Waals surface area (Å²) in [5, 5.41) is 7.83. The molecule has 0 spiro atoms. The van der Waals surface area contributed by atoms with Crippen LogP contribution in [-0.4, -0.2) is 17.4 Å². The Labute approximate surface area is 143 Å². The van der Waals surface area contributed by atoms with Crippen LogP contribution in [0.15, 0.2) is 54.7 Å². The van der Waals surface area contributed by atoms with E-state index in [0.29, 0.717) is 21.4 Å². The summed E-state index contributed by atoms with van der Waals surface area (Å²) in [6.45, 7) is 0.0879. The number of fused-ring (bicyclic) bond motifs is 1. The van der Waals surface area contributed by atoms with Gasteiger partial charge in [-0.1, -0.05) is 41.4 Å². The summed E-state index contributed by atoms with van der Waals surface area (Å²) in [5.74, 6) is -0.186. The molecule has 0 saturated heterocycles. The van der Waals surface area contributed by atoms with Crippen molar-refractivity contribution < 1.29 is 4.79 Å². The monoisotopic (exact) mass is 345 g/mol. The average Bonchev–Trinajstić information content (AvgIpc) is 2.54. The van der Waals surface area contributed by atoms with Gasteiger partial charge in [0.15, 0.2) is 0 Å². The second kappa shape index (κ2) is 6.86. The Morgan fingerprint density at radius 1 is 1.04 bits per heavy atom. The SMILES string of the molecule is O=C(CNc1ccc(Cl)cc1Cl)Nc1cccc2cccnc12. The van der Waals surface area contributed by atoms with Gasteiger partial charge in [-0.3, -0.25) is 9.78 Å². The van der Waals surface area contributed by atoms with Gasteiger partial charge in [-0.05, 0) is 30.3 Å². The number of amides is 1. The molecule has 116 valence electrons. The molecule has 1 heterocycles. The van der Waals surface area contributed by atoms with E-state index in [4.69, 9.17) is 23.2 Å². The van der Waals surface area contributed by atoms with E-state index in [1.54, 1.807) is 24.4 Å². The molecule has 23 heavy (non-hydrogen) atoms. The first kappa shape index (κ1) is 15.6. The van der Waals surface area contributed by atoms with Crippen LogP contribution in [-0.2, 0) is 4.79 Å². The van der Waals surface area contributed by atoms with E-state index in [2.05, 4.69) is 15.6 Å². The van der Waals surface area contributed by atoms with Gasteiger partial charge in [0.1, 0.15) is 0 Å².